The van der Waals surface area contributed by atoms with Crippen LogP contribution in [0.2, 0.25) is 5.02 Å². The third-order valence-corrected chi connectivity index (χ3v) is 6.23. The minimum Gasteiger partial charge on any atom is -0.489 e. The number of rotatable bonds is 5. The number of halogens is 2. The summed E-state index contributed by atoms with van der Waals surface area (Å²) in [5.74, 6) is -0.665. The molecule has 0 spiro atoms. The highest BCUT2D eigenvalue weighted by Crippen LogP contribution is 2.34. The van der Waals surface area contributed by atoms with E-state index < -0.39 is 17.5 Å². The smallest absolute Gasteiger partial charge is 0.413 e. The summed E-state index contributed by atoms with van der Waals surface area (Å²) in [4.78, 5) is 29.5. The molecule has 1 fully saturated rings. The Morgan fingerprint density at radius 3 is 2.59 bits per heavy atom. The van der Waals surface area contributed by atoms with Crippen LogP contribution in [0, 0.1) is 0 Å². The molecule has 1 aromatic carbocycles. The standard InChI is InChI=1S/C24H24BrClN6O4.C3H8O2/c1-24(2,3)36-23(33)31-21-20-22(29-11-28-21)32(12-30-20)19-5-4-15(35-19)10-34-18-8-17-13(7-16(18)26)6-14(25)9-27-17;1-3(2,4)5/h6-9,11-12,15,19H,4-5,10H2,1-3H3,(H,28,29,31,33);4-5H,1-2H3. The molecule has 1 aliphatic heterocycles. The van der Waals surface area contributed by atoms with Crippen LogP contribution in [0.1, 0.15) is 53.7 Å². The van der Waals surface area contributed by atoms with E-state index in [0.29, 0.717) is 28.5 Å². The Kier molecular flexibility index (Phi) is 9.34. The average Bonchev–Trinajstić information content (AvgIpc) is 3.48. The molecule has 1 saturated heterocycles. The van der Waals surface area contributed by atoms with Gasteiger partial charge in [-0.2, -0.15) is 0 Å². The van der Waals surface area contributed by atoms with Crippen LogP contribution in [0.25, 0.3) is 22.1 Å². The molecule has 3 N–H and O–H groups in total. The summed E-state index contributed by atoms with van der Waals surface area (Å²) in [5.41, 5.74) is 1.17. The van der Waals surface area contributed by atoms with Gasteiger partial charge in [-0.1, -0.05) is 11.6 Å². The lowest BCUT2D eigenvalue weighted by molar-refractivity contribution is -0.127. The van der Waals surface area contributed by atoms with Gasteiger partial charge in [0, 0.05) is 22.1 Å². The molecular weight excluding hydrogens is 620 g/mol. The van der Waals surface area contributed by atoms with Gasteiger partial charge in [-0.25, -0.2) is 19.7 Å². The Bertz CT molecular complexity index is 1530. The first-order valence-electron chi connectivity index (χ1n) is 12.8. The zero-order valence-electron chi connectivity index (χ0n) is 23.3. The molecule has 0 saturated carbocycles. The van der Waals surface area contributed by atoms with Gasteiger partial charge in [0.25, 0.3) is 0 Å². The normalized spacial score (nSPS) is 17.3. The topological polar surface area (TPSA) is 154 Å². The summed E-state index contributed by atoms with van der Waals surface area (Å²) in [6, 6.07) is 5.62. The largest absolute Gasteiger partial charge is 0.489 e. The zero-order valence-corrected chi connectivity index (χ0v) is 25.6. The molecule has 3 aromatic heterocycles. The van der Waals surface area contributed by atoms with E-state index in [-0.39, 0.29) is 18.1 Å². The van der Waals surface area contributed by atoms with E-state index in [2.05, 4.69) is 41.2 Å². The van der Waals surface area contributed by atoms with Crippen molar-refractivity contribution in [2.45, 2.75) is 71.2 Å². The summed E-state index contributed by atoms with van der Waals surface area (Å²) in [6.07, 6.45) is 5.25. The van der Waals surface area contributed by atoms with Crippen molar-refractivity contribution in [3.8, 4) is 5.75 Å². The van der Waals surface area contributed by atoms with E-state index in [4.69, 9.17) is 36.0 Å². The van der Waals surface area contributed by atoms with Crippen molar-refractivity contribution in [1.82, 2.24) is 24.5 Å². The lowest BCUT2D eigenvalue weighted by Crippen LogP contribution is -2.27. The molecule has 4 heterocycles. The first-order valence-corrected chi connectivity index (χ1v) is 14.0. The summed E-state index contributed by atoms with van der Waals surface area (Å²) >= 11 is 9.85. The molecule has 5 rings (SSSR count). The number of aliphatic hydroxyl groups is 2. The lowest BCUT2D eigenvalue weighted by atomic mass is 10.2. The quantitative estimate of drug-likeness (QED) is 0.232. The van der Waals surface area contributed by atoms with Crippen LogP contribution in [-0.2, 0) is 9.47 Å². The van der Waals surface area contributed by atoms with E-state index in [0.717, 1.165) is 28.2 Å². The maximum Gasteiger partial charge on any atom is 0.413 e. The van der Waals surface area contributed by atoms with Crippen molar-refractivity contribution < 1.29 is 29.2 Å². The van der Waals surface area contributed by atoms with Crippen molar-refractivity contribution in [2.24, 2.45) is 0 Å². The Morgan fingerprint density at radius 1 is 1.15 bits per heavy atom. The first-order chi connectivity index (χ1) is 19.2. The number of imidazole rings is 1. The molecule has 220 valence electrons. The summed E-state index contributed by atoms with van der Waals surface area (Å²) in [7, 11) is 0. The Labute approximate surface area is 250 Å². The number of hydrogen-bond donors (Lipinski definition) is 3. The summed E-state index contributed by atoms with van der Waals surface area (Å²) in [5, 5.41) is 20.2. The number of aromatic nitrogens is 5. The monoisotopic (exact) mass is 650 g/mol. The lowest BCUT2D eigenvalue weighted by Gasteiger charge is -2.19. The SMILES string of the molecule is CC(C)(C)OC(=O)Nc1ncnc2c1ncn2C1CCC(COc2cc3ncc(Br)cc3cc2Cl)O1.CC(C)(O)O. The number of pyridine rings is 1. The molecule has 1 amide bonds. The Morgan fingerprint density at radius 2 is 1.88 bits per heavy atom. The van der Waals surface area contributed by atoms with Crippen LogP contribution >= 0.6 is 27.5 Å². The summed E-state index contributed by atoms with van der Waals surface area (Å²) < 4.78 is 20.3. The number of carbonyl (C=O) groups excluding carboxylic acids is 1. The number of carbonyl (C=O) groups is 1. The predicted molar refractivity (Wildman–Crippen MR) is 157 cm³/mol. The predicted octanol–water partition coefficient (Wildman–Crippen LogP) is 5.60. The molecule has 2 unspecified atom stereocenters. The number of nitrogens with one attached hydrogen (secondary N) is 1. The van der Waals surface area contributed by atoms with Crippen LogP contribution in [0.3, 0.4) is 0 Å². The first kappa shape index (κ1) is 30.8. The van der Waals surface area contributed by atoms with Crippen LogP contribution in [-0.4, -0.2) is 64.9 Å². The van der Waals surface area contributed by atoms with E-state index in [1.807, 2.05) is 22.8 Å². The van der Waals surface area contributed by atoms with Crippen molar-refractivity contribution in [3.05, 3.63) is 46.5 Å². The fraction of sp³-hybridized carbons (Fsp3) is 0.444. The second-order valence-electron chi connectivity index (χ2n) is 10.9. The van der Waals surface area contributed by atoms with Crippen molar-refractivity contribution in [1.29, 1.82) is 0 Å². The minimum absolute atomic E-state index is 0.140. The van der Waals surface area contributed by atoms with E-state index in [9.17, 15) is 4.79 Å². The van der Waals surface area contributed by atoms with Gasteiger partial charge in [-0.3, -0.25) is 14.9 Å². The molecule has 0 radical (unpaired) electrons. The van der Waals surface area contributed by atoms with E-state index in [1.165, 1.54) is 20.2 Å². The van der Waals surface area contributed by atoms with Gasteiger partial charge < -0.3 is 24.4 Å². The van der Waals surface area contributed by atoms with Gasteiger partial charge in [-0.05, 0) is 75.5 Å². The maximum absolute atomic E-state index is 12.2. The van der Waals surface area contributed by atoms with Crippen LogP contribution in [0.15, 0.2) is 41.5 Å². The molecule has 0 aliphatic carbocycles. The molecular formula is C27H32BrClN6O6. The van der Waals surface area contributed by atoms with Crippen LogP contribution in [0.4, 0.5) is 10.6 Å². The Balaban J connectivity index is 0.000000714. The van der Waals surface area contributed by atoms with E-state index in [1.54, 1.807) is 33.3 Å². The zero-order chi connectivity index (χ0) is 29.9. The number of amides is 1. The number of ether oxygens (including phenoxy) is 3. The molecule has 12 nitrogen and oxygen atoms in total. The second kappa shape index (κ2) is 12.4. The molecule has 14 heteroatoms. The van der Waals surface area contributed by atoms with Crippen LogP contribution in [0.5, 0.6) is 5.75 Å². The number of nitrogens with zero attached hydrogens (tertiary/aromatic N) is 5. The average molecular weight is 652 g/mol. The van der Waals surface area contributed by atoms with Gasteiger partial charge >= 0.3 is 6.09 Å². The van der Waals surface area contributed by atoms with Gasteiger partial charge in [0.1, 0.15) is 30.5 Å². The van der Waals surface area contributed by atoms with Gasteiger partial charge in [-0.15, -0.1) is 0 Å². The van der Waals surface area contributed by atoms with Crippen molar-refractivity contribution >= 4 is 61.5 Å². The fourth-order valence-corrected chi connectivity index (χ4v) is 4.54. The maximum atomic E-state index is 12.2. The van der Waals surface area contributed by atoms with E-state index >= 15 is 0 Å². The van der Waals surface area contributed by atoms with Gasteiger partial charge in [0.2, 0.25) is 0 Å². The highest BCUT2D eigenvalue weighted by Gasteiger charge is 2.29. The molecule has 41 heavy (non-hydrogen) atoms. The second-order valence-corrected chi connectivity index (χ2v) is 12.2. The molecule has 4 aromatic rings. The van der Waals surface area contributed by atoms with Crippen molar-refractivity contribution in [3.63, 3.8) is 0 Å². The number of anilines is 1. The number of fused-ring (bicyclic) bond motifs is 2. The van der Waals surface area contributed by atoms with Gasteiger partial charge in [0.05, 0.1) is 23.0 Å². The van der Waals surface area contributed by atoms with Crippen LogP contribution < -0.4 is 10.1 Å². The minimum atomic E-state index is -1.50. The number of hydrogen-bond acceptors (Lipinski definition) is 10. The third kappa shape index (κ3) is 8.69. The molecule has 1 aliphatic rings. The summed E-state index contributed by atoms with van der Waals surface area (Å²) in [6.45, 7) is 8.31. The van der Waals surface area contributed by atoms with Crippen molar-refractivity contribution in [2.75, 3.05) is 11.9 Å². The third-order valence-electron chi connectivity index (χ3n) is 5.50. The highest BCUT2D eigenvalue weighted by atomic mass is 79.9. The molecule has 0 bridgehead atoms. The van der Waals surface area contributed by atoms with Gasteiger partial charge in [0.15, 0.2) is 22.8 Å². The number of benzene rings is 1. The molecule has 2 atom stereocenters. The fourth-order valence-electron chi connectivity index (χ4n) is 3.96. The highest BCUT2D eigenvalue weighted by molar-refractivity contribution is 9.10. The Hall–Kier alpha value is -3.10.